The van der Waals surface area contributed by atoms with Gasteiger partial charge in [-0.15, -0.1) is 11.3 Å². The third-order valence-corrected chi connectivity index (χ3v) is 4.95. The summed E-state index contributed by atoms with van der Waals surface area (Å²) in [5, 5.41) is 0. The van der Waals surface area contributed by atoms with Crippen molar-refractivity contribution in [2.45, 2.75) is 12.8 Å². The zero-order chi connectivity index (χ0) is 17.1. The van der Waals surface area contributed by atoms with Gasteiger partial charge in [-0.05, 0) is 31.0 Å². The molecular formula is C16H15ClN2O4S. The lowest BCUT2D eigenvalue weighted by atomic mass is 10.2. The first-order valence-electron chi connectivity index (χ1n) is 7.48. The molecule has 3 rings (SSSR count). The molecule has 0 atom stereocenters. The number of rotatable bonds is 5. The maximum Gasteiger partial charge on any atom is 0.348 e. The summed E-state index contributed by atoms with van der Waals surface area (Å²) in [7, 11) is 0. The maximum atomic E-state index is 12.2. The number of halogens is 1. The Morgan fingerprint density at radius 2 is 2.00 bits per heavy atom. The minimum Gasteiger partial charge on any atom is -0.453 e. The van der Waals surface area contributed by atoms with Crippen LogP contribution in [0, 0.1) is 0 Å². The van der Waals surface area contributed by atoms with E-state index in [1.807, 2.05) is 0 Å². The van der Waals surface area contributed by atoms with Crippen LogP contribution < -0.4 is 0 Å². The number of amides is 1. The van der Waals surface area contributed by atoms with Crippen molar-refractivity contribution in [1.82, 2.24) is 9.88 Å². The minimum absolute atomic E-state index is 0.114. The summed E-state index contributed by atoms with van der Waals surface area (Å²) in [5.41, 5.74) is 0.686. The number of aromatic amines is 1. The lowest BCUT2D eigenvalue weighted by Gasteiger charge is -2.13. The number of thiophene rings is 1. The van der Waals surface area contributed by atoms with E-state index >= 15 is 0 Å². The van der Waals surface area contributed by atoms with Crippen molar-refractivity contribution < 1.29 is 19.1 Å². The number of hydrogen-bond acceptors (Lipinski definition) is 5. The van der Waals surface area contributed by atoms with E-state index in [0.29, 0.717) is 20.5 Å². The predicted molar refractivity (Wildman–Crippen MR) is 89.9 cm³/mol. The van der Waals surface area contributed by atoms with Crippen LogP contribution in [-0.2, 0) is 4.74 Å². The number of carbonyl (C=O) groups excluding carboxylic acids is 3. The van der Waals surface area contributed by atoms with Crippen LogP contribution in [0.2, 0.25) is 4.34 Å². The first-order chi connectivity index (χ1) is 11.5. The molecule has 0 radical (unpaired) electrons. The summed E-state index contributed by atoms with van der Waals surface area (Å²) >= 11 is 6.84. The molecule has 2 aromatic heterocycles. The standard InChI is InChI=1S/C16H15ClN2O4S/c17-14-4-3-13(24-14)16(22)23-9-12(20)10-7-11(18-8-10)15(21)19-5-1-2-6-19/h3-4,7-8,18H,1-2,5-6,9H2. The van der Waals surface area contributed by atoms with Gasteiger partial charge in [0.05, 0.1) is 4.34 Å². The molecule has 24 heavy (non-hydrogen) atoms. The fourth-order valence-corrected chi connectivity index (χ4v) is 3.42. The van der Waals surface area contributed by atoms with Crippen LogP contribution in [0.4, 0.5) is 0 Å². The molecule has 8 heteroatoms. The van der Waals surface area contributed by atoms with Crippen LogP contribution in [0.25, 0.3) is 0 Å². The van der Waals surface area contributed by atoms with Crippen molar-refractivity contribution in [2.75, 3.05) is 19.7 Å². The molecule has 0 aromatic carbocycles. The first kappa shape index (κ1) is 16.7. The van der Waals surface area contributed by atoms with Crippen molar-refractivity contribution in [2.24, 2.45) is 0 Å². The van der Waals surface area contributed by atoms with Gasteiger partial charge in [0, 0.05) is 24.8 Å². The monoisotopic (exact) mass is 366 g/mol. The molecule has 1 aliphatic rings. The normalized spacial score (nSPS) is 14.0. The zero-order valence-electron chi connectivity index (χ0n) is 12.7. The highest BCUT2D eigenvalue weighted by Gasteiger charge is 2.22. The third kappa shape index (κ3) is 3.68. The summed E-state index contributed by atoms with van der Waals surface area (Å²) in [6.07, 6.45) is 3.46. The van der Waals surface area contributed by atoms with Crippen molar-refractivity contribution in [3.8, 4) is 0 Å². The Morgan fingerprint density at radius 1 is 1.25 bits per heavy atom. The number of hydrogen-bond donors (Lipinski definition) is 1. The van der Waals surface area contributed by atoms with Crippen LogP contribution in [0.1, 0.15) is 43.4 Å². The molecule has 1 saturated heterocycles. The molecule has 0 unspecified atom stereocenters. The summed E-state index contributed by atoms with van der Waals surface area (Å²) in [6, 6.07) is 4.63. The lowest BCUT2D eigenvalue weighted by molar-refractivity contribution is 0.0479. The van der Waals surface area contributed by atoms with Gasteiger partial charge in [0.25, 0.3) is 5.91 Å². The van der Waals surface area contributed by atoms with Gasteiger partial charge in [-0.2, -0.15) is 0 Å². The predicted octanol–water partition coefficient (Wildman–Crippen LogP) is 3.01. The van der Waals surface area contributed by atoms with Crippen molar-refractivity contribution in [1.29, 1.82) is 0 Å². The minimum atomic E-state index is -0.593. The average Bonchev–Trinajstić information content (AvgIpc) is 3.31. The SMILES string of the molecule is O=C(COC(=O)c1ccc(Cl)s1)c1c[nH]c(C(=O)N2CCCC2)c1. The summed E-state index contributed by atoms with van der Waals surface area (Å²) in [5.74, 6) is -1.08. The largest absolute Gasteiger partial charge is 0.453 e. The Labute approximate surface area is 147 Å². The van der Waals surface area contributed by atoms with E-state index in [0.717, 1.165) is 37.3 Å². The summed E-state index contributed by atoms with van der Waals surface area (Å²) in [6.45, 7) is 1.09. The van der Waals surface area contributed by atoms with E-state index in [-0.39, 0.29) is 18.3 Å². The highest BCUT2D eigenvalue weighted by atomic mass is 35.5. The van der Waals surface area contributed by atoms with E-state index in [9.17, 15) is 14.4 Å². The topological polar surface area (TPSA) is 79.5 Å². The van der Waals surface area contributed by atoms with Gasteiger partial charge in [-0.1, -0.05) is 11.6 Å². The zero-order valence-corrected chi connectivity index (χ0v) is 14.3. The Bertz CT molecular complexity index is 777. The Morgan fingerprint density at radius 3 is 2.67 bits per heavy atom. The third-order valence-electron chi connectivity index (χ3n) is 3.74. The fraction of sp³-hybridized carbons (Fsp3) is 0.312. The van der Waals surface area contributed by atoms with Crippen molar-refractivity contribution in [3.05, 3.63) is 44.9 Å². The molecule has 0 spiro atoms. The number of likely N-dealkylation sites (tertiary alicyclic amines) is 1. The molecule has 6 nitrogen and oxygen atoms in total. The van der Waals surface area contributed by atoms with Crippen molar-refractivity contribution >= 4 is 40.6 Å². The van der Waals surface area contributed by atoms with E-state index in [1.165, 1.54) is 12.3 Å². The van der Waals surface area contributed by atoms with Crippen molar-refractivity contribution in [3.63, 3.8) is 0 Å². The number of nitrogens with zero attached hydrogens (tertiary/aromatic N) is 1. The maximum absolute atomic E-state index is 12.2. The van der Waals surface area contributed by atoms with Gasteiger partial charge in [-0.3, -0.25) is 9.59 Å². The molecule has 0 saturated carbocycles. The summed E-state index contributed by atoms with van der Waals surface area (Å²) < 4.78 is 5.46. The number of Topliss-reactive ketones (excluding diaryl/α,β-unsaturated/α-hetero) is 1. The number of aromatic nitrogens is 1. The van der Waals surface area contributed by atoms with Gasteiger partial charge >= 0.3 is 5.97 Å². The molecule has 3 heterocycles. The number of esters is 1. The number of ketones is 1. The molecule has 1 amide bonds. The second-order valence-electron chi connectivity index (χ2n) is 5.40. The Kier molecular flexibility index (Phi) is 5.01. The van der Waals surface area contributed by atoms with Crippen LogP contribution in [-0.4, -0.2) is 47.2 Å². The van der Waals surface area contributed by atoms with Gasteiger partial charge in [0.2, 0.25) is 5.78 Å². The van der Waals surface area contributed by atoms with Crippen LogP contribution >= 0.6 is 22.9 Å². The number of carbonyl (C=O) groups is 3. The molecular weight excluding hydrogens is 352 g/mol. The average molecular weight is 367 g/mol. The first-order valence-corrected chi connectivity index (χ1v) is 8.67. The van der Waals surface area contributed by atoms with E-state index in [2.05, 4.69) is 4.98 Å². The highest BCUT2D eigenvalue weighted by molar-refractivity contribution is 7.17. The van der Waals surface area contributed by atoms with Gasteiger partial charge in [0.1, 0.15) is 10.6 Å². The van der Waals surface area contributed by atoms with Gasteiger partial charge < -0.3 is 14.6 Å². The Hall–Kier alpha value is -2.12. The second-order valence-corrected chi connectivity index (χ2v) is 7.12. The fourth-order valence-electron chi connectivity index (χ4n) is 2.48. The smallest absolute Gasteiger partial charge is 0.348 e. The Balaban J connectivity index is 1.57. The van der Waals surface area contributed by atoms with Crippen LogP contribution in [0.5, 0.6) is 0 Å². The van der Waals surface area contributed by atoms with Crippen LogP contribution in [0.3, 0.4) is 0 Å². The number of H-pyrrole nitrogens is 1. The molecule has 1 fully saturated rings. The van der Waals surface area contributed by atoms with Gasteiger partial charge in [0.15, 0.2) is 6.61 Å². The van der Waals surface area contributed by atoms with E-state index < -0.39 is 5.97 Å². The van der Waals surface area contributed by atoms with E-state index in [4.69, 9.17) is 16.3 Å². The molecule has 0 bridgehead atoms. The highest BCUT2D eigenvalue weighted by Crippen LogP contribution is 2.22. The second kappa shape index (κ2) is 7.19. The lowest BCUT2D eigenvalue weighted by Crippen LogP contribution is -2.27. The molecule has 126 valence electrons. The van der Waals surface area contributed by atoms with E-state index in [1.54, 1.807) is 17.0 Å². The number of nitrogens with one attached hydrogen (secondary N) is 1. The molecule has 1 N–H and O–H groups in total. The molecule has 2 aromatic rings. The quantitative estimate of drug-likeness (QED) is 0.651. The van der Waals surface area contributed by atoms with Crippen LogP contribution in [0.15, 0.2) is 24.4 Å². The number of ether oxygens (including phenoxy) is 1. The molecule has 0 aliphatic carbocycles. The van der Waals surface area contributed by atoms with Gasteiger partial charge in [-0.25, -0.2) is 4.79 Å². The summed E-state index contributed by atoms with van der Waals surface area (Å²) in [4.78, 5) is 41.0. The molecule has 1 aliphatic heterocycles.